The fourth-order valence-corrected chi connectivity index (χ4v) is 3.10. The topological polar surface area (TPSA) is 73.0 Å². The highest BCUT2D eigenvalue weighted by atomic mass is 79.9. The van der Waals surface area contributed by atoms with Crippen molar-refractivity contribution in [1.29, 1.82) is 0 Å². The van der Waals surface area contributed by atoms with E-state index < -0.39 is 0 Å². The average Bonchev–Trinajstić information content (AvgIpc) is 3.37. The molecule has 2 aromatic heterocycles. The maximum atomic E-state index is 13.7. The first-order valence-corrected chi connectivity index (χ1v) is 9.65. The van der Waals surface area contributed by atoms with Crippen molar-refractivity contribution >= 4 is 21.8 Å². The van der Waals surface area contributed by atoms with E-state index in [2.05, 4.69) is 31.4 Å². The lowest BCUT2D eigenvalue weighted by atomic mass is 10.2. The Kier molecular flexibility index (Phi) is 5.53. The maximum Gasteiger partial charge on any atom is 0.274 e. The summed E-state index contributed by atoms with van der Waals surface area (Å²) in [4.78, 5) is 16.7. The molecule has 6 nitrogen and oxygen atoms in total. The second-order valence-electron chi connectivity index (χ2n) is 6.32. The first-order chi connectivity index (χ1) is 14.1. The van der Waals surface area contributed by atoms with Crippen LogP contribution in [0.1, 0.15) is 5.56 Å². The molecule has 1 amide bonds. The van der Waals surface area contributed by atoms with Crippen LogP contribution in [0.4, 0.5) is 4.39 Å². The maximum absolute atomic E-state index is 13.7. The molecule has 4 rings (SSSR count). The Hall–Kier alpha value is -3.26. The molecule has 0 aliphatic rings. The van der Waals surface area contributed by atoms with Crippen molar-refractivity contribution in [2.45, 2.75) is 13.1 Å². The summed E-state index contributed by atoms with van der Waals surface area (Å²) in [6.45, 7) is 0.170. The monoisotopic (exact) mass is 454 g/mol. The van der Waals surface area contributed by atoms with Crippen molar-refractivity contribution in [3.05, 3.63) is 82.7 Å². The van der Waals surface area contributed by atoms with Crippen LogP contribution >= 0.6 is 15.9 Å². The molecule has 1 N–H and O–H groups in total. The van der Waals surface area contributed by atoms with Crippen LogP contribution in [0.2, 0.25) is 0 Å². The summed E-state index contributed by atoms with van der Waals surface area (Å²) in [6.07, 6.45) is 1.75. The van der Waals surface area contributed by atoms with Gasteiger partial charge in [0.2, 0.25) is 11.7 Å². The second kappa shape index (κ2) is 8.40. The first-order valence-electron chi connectivity index (χ1n) is 8.85. The van der Waals surface area contributed by atoms with Gasteiger partial charge in [-0.05, 0) is 42.5 Å². The molecule has 0 spiro atoms. The molecule has 2 heterocycles. The van der Waals surface area contributed by atoms with E-state index >= 15 is 0 Å². The summed E-state index contributed by atoms with van der Waals surface area (Å²) in [6, 6.07) is 17.5. The van der Waals surface area contributed by atoms with Crippen LogP contribution in [-0.2, 0) is 17.9 Å². The van der Waals surface area contributed by atoms with E-state index in [0.717, 1.165) is 10.0 Å². The smallest absolute Gasteiger partial charge is 0.274 e. The van der Waals surface area contributed by atoms with Gasteiger partial charge in [-0.25, -0.2) is 4.39 Å². The Morgan fingerprint density at radius 1 is 1.10 bits per heavy atom. The molecule has 2 aromatic carbocycles. The number of nitrogens with zero attached hydrogens (tertiary/aromatic N) is 3. The Bertz CT molecular complexity index is 1140. The lowest BCUT2D eigenvalue weighted by molar-refractivity contribution is -0.121. The molecular formula is C21H16BrFN4O2. The molecule has 0 fully saturated rings. The Labute approximate surface area is 174 Å². The normalized spacial score (nSPS) is 10.8. The molecule has 146 valence electrons. The minimum atomic E-state index is -0.346. The summed E-state index contributed by atoms with van der Waals surface area (Å²) < 4.78 is 21.7. The minimum absolute atomic E-state index is 0.0484. The zero-order chi connectivity index (χ0) is 20.2. The minimum Gasteiger partial charge on any atom is -0.350 e. The third-order valence-electron chi connectivity index (χ3n) is 4.32. The van der Waals surface area contributed by atoms with Crippen LogP contribution in [0.15, 0.2) is 75.9 Å². The summed E-state index contributed by atoms with van der Waals surface area (Å²) in [5, 5.41) is 6.74. The van der Waals surface area contributed by atoms with Gasteiger partial charge >= 0.3 is 0 Å². The fraction of sp³-hybridized carbons (Fsp3) is 0.0952. The number of hydrogen-bond acceptors (Lipinski definition) is 4. The number of hydrogen-bond donors (Lipinski definition) is 1. The van der Waals surface area contributed by atoms with Crippen molar-refractivity contribution in [3.8, 4) is 23.0 Å². The molecule has 29 heavy (non-hydrogen) atoms. The molecule has 0 unspecified atom stereocenters. The van der Waals surface area contributed by atoms with Gasteiger partial charge in [0.15, 0.2) is 0 Å². The van der Waals surface area contributed by atoms with Gasteiger partial charge in [0.25, 0.3) is 5.89 Å². The van der Waals surface area contributed by atoms with E-state index in [1.54, 1.807) is 41.1 Å². The van der Waals surface area contributed by atoms with E-state index in [1.165, 1.54) is 6.07 Å². The summed E-state index contributed by atoms with van der Waals surface area (Å²) in [5.74, 6) is 0.179. The zero-order valence-corrected chi connectivity index (χ0v) is 16.8. The van der Waals surface area contributed by atoms with E-state index in [4.69, 9.17) is 4.52 Å². The molecule has 0 aliphatic carbocycles. The van der Waals surface area contributed by atoms with Crippen molar-refractivity contribution in [2.24, 2.45) is 0 Å². The van der Waals surface area contributed by atoms with Gasteiger partial charge < -0.3 is 14.4 Å². The van der Waals surface area contributed by atoms with Gasteiger partial charge in [-0.3, -0.25) is 4.79 Å². The first kappa shape index (κ1) is 19.1. The lowest BCUT2D eigenvalue weighted by Crippen LogP contribution is -2.27. The van der Waals surface area contributed by atoms with Gasteiger partial charge in [-0.1, -0.05) is 39.3 Å². The third kappa shape index (κ3) is 4.43. The third-order valence-corrected chi connectivity index (χ3v) is 4.85. The molecule has 0 saturated carbocycles. The van der Waals surface area contributed by atoms with Crippen LogP contribution in [-0.4, -0.2) is 20.6 Å². The van der Waals surface area contributed by atoms with E-state index in [-0.39, 0.29) is 24.8 Å². The highest BCUT2D eigenvalue weighted by molar-refractivity contribution is 9.10. The quantitative estimate of drug-likeness (QED) is 0.467. The molecule has 0 saturated heterocycles. The Morgan fingerprint density at radius 2 is 1.90 bits per heavy atom. The van der Waals surface area contributed by atoms with Crippen LogP contribution in [0, 0.1) is 5.82 Å². The standard InChI is InChI=1S/C21H16BrFN4O2/c22-16-9-7-14(8-10-16)20-25-21(29-26-20)18-6-3-11-27(18)13-19(28)24-12-15-4-1-2-5-17(15)23/h1-11H,12-13H2,(H,24,28). The molecule has 4 aromatic rings. The number of rotatable bonds is 6. The van der Waals surface area contributed by atoms with Crippen LogP contribution < -0.4 is 5.32 Å². The SMILES string of the molecule is O=C(Cn1cccc1-c1nc(-c2ccc(Br)cc2)no1)NCc1ccccc1F. The number of carbonyl (C=O) groups excluding carboxylic acids is 1. The number of carbonyl (C=O) groups is 1. The van der Waals surface area contributed by atoms with Crippen molar-refractivity contribution < 1.29 is 13.7 Å². The molecule has 8 heteroatoms. The summed E-state index contributed by atoms with van der Waals surface area (Å²) in [5.41, 5.74) is 1.88. The van der Waals surface area contributed by atoms with Crippen LogP contribution in [0.5, 0.6) is 0 Å². The van der Waals surface area contributed by atoms with Gasteiger partial charge in [-0.15, -0.1) is 0 Å². The number of halogens is 2. The average molecular weight is 455 g/mol. The van der Waals surface area contributed by atoms with Gasteiger partial charge in [0.05, 0.1) is 0 Å². The predicted octanol–water partition coefficient (Wildman–Crippen LogP) is 4.42. The van der Waals surface area contributed by atoms with Crippen molar-refractivity contribution in [2.75, 3.05) is 0 Å². The van der Waals surface area contributed by atoms with Crippen LogP contribution in [0.25, 0.3) is 23.0 Å². The highest BCUT2D eigenvalue weighted by Crippen LogP contribution is 2.24. The zero-order valence-electron chi connectivity index (χ0n) is 15.2. The lowest BCUT2D eigenvalue weighted by Gasteiger charge is -2.08. The fourth-order valence-electron chi connectivity index (χ4n) is 2.84. The molecular weight excluding hydrogens is 439 g/mol. The molecule has 0 bridgehead atoms. The Balaban J connectivity index is 1.45. The van der Waals surface area contributed by atoms with Crippen LogP contribution in [0.3, 0.4) is 0 Å². The Morgan fingerprint density at radius 3 is 2.69 bits per heavy atom. The van der Waals surface area contributed by atoms with E-state index in [1.807, 2.05) is 24.3 Å². The number of amides is 1. The molecule has 0 aliphatic heterocycles. The highest BCUT2D eigenvalue weighted by Gasteiger charge is 2.15. The predicted molar refractivity (Wildman–Crippen MR) is 109 cm³/mol. The number of aromatic nitrogens is 3. The van der Waals surface area contributed by atoms with Gasteiger partial charge in [-0.2, -0.15) is 4.98 Å². The summed E-state index contributed by atoms with van der Waals surface area (Å²) >= 11 is 3.39. The largest absolute Gasteiger partial charge is 0.350 e. The van der Waals surface area contributed by atoms with Gasteiger partial charge in [0, 0.05) is 28.3 Å². The van der Waals surface area contributed by atoms with Gasteiger partial charge in [0.1, 0.15) is 18.1 Å². The summed E-state index contributed by atoms with van der Waals surface area (Å²) in [7, 11) is 0. The molecule has 0 radical (unpaired) electrons. The second-order valence-corrected chi connectivity index (χ2v) is 7.24. The van der Waals surface area contributed by atoms with E-state index in [0.29, 0.717) is 23.0 Å². The van der Waals surface area contributed by atoms with E-state index in [9.17, 15) is 9.18 Å². The molecule has 0 atom stereocenters. The number of benzene rings is 2. The van der Waals surface area contributed by atoms with Crippen molar-refractivity contribution in [3.63, 3.8) is 0 Å². The number of nitrogens with one attached hydrogen (secondary N) is 1. The van der Waals surface area contributed by atoms with Crippen molar-refractivity contribution in [1.82, 2.24) is 20.0 Å².